The second-order valence-electron chi connectivity index (χ2n) is 4.16. The maximum atomic E-state index is 6.06. The topological polar surface area (TPSA) is 37.0 Å². The lowest BCUT2D eigenvalue weighted by Gasteiger charge is -2.12. The van der Waals surface area contributed by atoms with Gasteiger partial charge in [-0.2, -0.15) is 0 Å². The molecule has 1 heterocycles. The summed E-state index contributed by atoms with van der Waals surface area (Å²) in [5.41, 5.74) is 2.79. The van der Waals surface area contributed by atoms with E-state index in [2.05, 4.69) is 15.6 Å². The van der Waals surface area contributed by atoms with E-state index in [1.165, 1.54) is 0 Å². The lowest BCUT2D eigenvalue weighted by atomic mass is 10.2. The third-order valence-corrected chi connectivity index (χ3v) is 3.26. The molecule has 0 atom stereocenters. The van der Waals surface area contributed by atoms with Gasteiger partial charge in [0.25, 0.3) is 0 Å². The van der Waals surface area contributed by atoms with E-state index in [9.17, 15) is 0 Å². The van der Waals surface area contributed by atoms with Gasteiger partial charge in [0.15, 0.2) is 5.11 Å². The van der Waals surface area contributed by atoms with E-state index in [4.69, 9.17) is 23.8 Å². The molecule has 0 amide bonds. The molecule has 0 aliphatic heterocycles. The molecule has 0 radical (unpaired) electrons. The predicted octanol–water partition coefficient (Wildman–Crippen LogP) is 4.16. The van der Waals surface area contributed by atoms with Crippen molar-refractivity contribution in [2.24, 2.45) is 0 Å². The van der Waals surface area contributed by atoms with Crippen molar-refractivity contribution in [3.8, 4) is 0 Å². The number of benzene rings is 1. The molecule has 0 bridgehead atoms. The van der Waals surface area contributed by atoms with Gasteiger partial charge < -0.3 is 10.6 Å². The SMILES string of the molecule is Cc1cccc(NC(=S)Nc2cccc(Cl)c2C)n1. The molecule has 0 unspecified atom stereocenters. The Bertz CT molecular complexity index is 613. The summed E-state index contributed by atoms with van der Waals surface area (Å²) < 4.78 is 0. The first kappa shape index (κ1) is 13.8. The van der Waals surface area contributed by atoms with Crippen LogP contribution in [0.4, 0.5) is 11.5 Å². The Morgan fingerprint density at radius 2 is 1.84 bits per heavy atom. The number of nitrogens with zero attached hydrogens (tertiary/aromatic N) is 1. The molecule has 0 aliphatic rings. The van der Waals surface area contributed by atoms with E-state index in [1.54, 1.807) is 0 Å². The molecule has 0 aliphatic carbocycles. The summed E-state index contributed by atoms with van der Waals surface area (Å²) in [6.07, 6.45) is 0. The van der Waals surface area contributed by atoms with Gasteiger partial charge in [0, 0.05) is 16.4 Å². The highest BCUT2D eigenvalue weighted by Gasteiger charge is 2.04. The predicted molar refractivity (Wildman–Crippen MR) is 85.0 cm³/mol. The molecule has 1 aromatic carbocycles. The minimum absolute atomic E-state index is 0.489. The van der Waals surface area contributed by atoms with E-state index in [0.29, 0.717) is 10.1 Å². The molecule has 2 N–H and O–H groups in total. The zero-order valence-electron chi connectivity index (χ0n) is 10.7. The van der Waals surface area contributed by atoms with Gasteiger partial charge in [-0.25, -0.2) is 4.98 Å². The van der Waals surface area contributed by atoms with Crippen LogP contribution in [0.25, 0.3) is 0 Å². The third kappa shape index (κ3) is 3.66. The van der Waals surface area contributed by atoms with Gasteiger partial charge in [-0.3, -0.25) is 0 Å². The summed E-state index contributed by atoms with van der Waals surface area (Å²) in [4.78, 5) is 4.33. The van der Waals surface area contributed by atoms with E-state index >= 15 is 0 Å². The van der Waals surface area contributed by atoms with Crippen LogP contribution < -0.4 is 10.6 Å². The fourth-order valence-corrected chi connectivity index (χ4v) is 2.01. The smallest absolute Gasteiger partial charge is 0.176 e. The molecule has 3 nitrogen and oxygen atoms in total. The first-order valence-corrected chi connectivity index (χ1v) is 6.61. The Kier molecular flexibility index (Phi) is 4.35. The number of anilines is 2. The van der Waals surface area contributed by atoms with Crippen LogP contribution in [-0.4, -0.2) is 10.1 Å². The number of aryl methyl sites for hydroxylation is 1. The molecule has 2 rings (SSSR count). The summed E-state index contributed by atoms with van der Waals surface area (Å²) >= 11 is 11.3. The number of hydrogen-bond acceptors (Lipinski definition) is 2. The Balaban J connectivity index is 2.08. The van der Waals surface area contributed by atoms with Gasteiger partial charge in [-0.05, 0) is 55.9 Å². The third-order valence-electron chi connectivity index (χ3n) is 2.65. The van der Waals surface area contributed by atoms with Gasteiger partial charge >= 0.3 is 0 Å². The second-order valence-corrected chi connectivity index (χ2v) is 4.97. The summed E-state index contributed by atoms with van der Waals surface area (Å²) in [5.74, 6) is 0.720. The molecule has 0 saturated carbocycles. The highest BCUT2D eigenvalue weighted by Crippen LogP contribution is 2.23. The van der Waals surface area contributed by atoms with Crippen LogP contribution in [0.15, 0.2) is 36.4 Å². The molecular formula is C14H14ClN3S. The number of thiocarbonyl (C=S) groups is 1. The van der Waals surface area contributed by atoms with Gasteiger partial charge in [-0.1, -0.05) is 23.7 Å². The molecule has 0 saturated heterocycles. The first-order valence-electron chi connectivity index (χ1n) is 5.83. The lowest BCUT2D eigenvalue weighted by Crippen LogP contribution is -2.20. The summed E-state index contributed by atoms with van der Waals surface area (Å²) in [5, 5.41) is 7.36. The van der Waals surface area contributed by atoms with Crippen molar-refractivity contribution < 1.29 is 0 Å². The van der Waals surface area contributed by atoms with Gasteiger partial charge in [-0.15, -0.1) is 0 Å². The van der Waals surface area contributed by atoms with Crippen LogP contribution in [0.1, 0.15) is 11.3 Å². The van der Waals surface area contributed by atoms with Crippen LogP contribution in [0.5, 0.6) is 0 Å². The summed E-state index contributed by atoms with van der Waals surface area (Å²) in [6, 6.07) is 11.4. The second kappa shape index (κ2) is 5.99. The van der Waals surface area contributed by atoms with Crippen molar-refractivity contribution >= 4 is 40.4 Å². The number of aromatic nitrogens is 1. The fourth-order valence-electron chi connectivity index (χ4n) is 1.63. The number of nitrogens with one attached hydrogen (secondary N) is 2. The van der Waals surface area contributed by atoms with E-state index in [1.807, 2.05) is 50.2 Å². The first-order chi connectivity index (χ1) is 9.06. The average Bonchev–Trinajstić information content (AvgIpc) is 2.35. The average molecular weight is 292 g/mol. The molecule has 19 heavy (non-hydrogen) atoms. The number of rotatable bonds is 2. The zero-order chi connectivity index (χ0) is 13.8. The van der Waals surface area contributed by atoms with Crippen molar-refractivity contribution in [3.05, 3.63) is 52.7 Å². The van der Waals surface area contributed by atoms with Crippen molar-refractivity contribution in [1.82, 2.24) is 4.98 Å². The summed E-state index contributed by atoms with van der Waals surface area (Å²) in [6.45, 7) is 3.88. The largest absolute Gasteiger partial charge is 0.332 e. The normalized spacial score (nSPS) is 10.1. The minimum Gasteiger partial charge on any atom is -0.332 e. The highest BCUT2D eigenvalue weighted by molar-refractivity contribution is 7.80. The van der Waals surface area contributed by atoms with E-state index in [-0.39, 0.29) is 0 Å². The van der Waals surface area contributed by atoms with Crippen molar-refractivity contribution in [2.45, 2.75) is 13.8 Å². The van der Waals surface area contributed by atoms with Crippen LogP contribution in [0.3, 0.4) is 0 Å². The minimum atomic E-state index is 0.489. The van der Waals surface area contributed by atoms with E-state index in [0.717, 1.165) is 22.8 Å². The molecule has 5 heteroatoms. The van der Waals surface area contributed by atoms with Gasteiger partial charge in [0.05, 0.1) is 0 Å². The molecule has 2 aromatic rings. The number of halogens is 1. The molecule has 0 spiro atoms. The Morgan fingerprint density at radius 1 is 1.11 bits per heavy atom. The number of pyridine rings is 1. The van der Waals surface area contributed by atoms with Crippen LogP contribution in [-0.2, 0) is 0 Å². The van der Waals surface area contributed by atoms with Crippen molar-refractivity contribution in [3.63, 3.8) is 0 Å². The molecule has 0 fully saturated rings. The Hall–Kier alpha value is -1.65. The standard InChI is InChI=1S/C14H14ClN3S/c1-9-5-3-8-13(16-9)18-14(19)17-12-7-4-6-11(15)10(12)2/h3-8H,1-2H3,(H2,16,17,18,19). The number of hydrogen-bond donors (Lipinski definition) is 2. The molecule has 1 aromatic heterocycles. The van der Waals surface area contributed by atoms with Crippen LogP contribution >= 0.6 is 23.8 Å². The van der Waals surface area contributed by atoms with Gasteiger partial charge in [0.1, 0.15) is 5.82 Å². The fraction of sp³-hybridized carbons (Fsp3) is 0.143. The monoisotopic (exact) mass is 291 g/mol. The Labute approximate surface area is 123 Å². The highest BCUT2D eigenvalue weighted by atomic mass is 35.5. The Morgan fingerprint density at radius 3 is 2.58 bits per heavy atom. The molecule has 98 valence electrons. The summed E-state index contributed by atoms with van der Waals surface area (Å²) in [7, 11) is 0. The molecular weight excluding hydrogens is 278 g/mol. The van der Waals surface area contributed by atoms with E-state index < -0.39 is 0 Å². The van der Waals surface area contributed by atoms with Gasteiger partial charge in [0.2, 0.25) is 0 Å². The quantitative estimate of drug-likeness (QED) is 0.815. The van der Waals surface area contributed by atoms with Crippen LogP contribution in [0, 0.1) is 13.8 Å². The van der Waals surface area contributed by atoms with Crippen molar-refractivity contribution in [1.29, 1.82) is 0 Å². The van der Waals surface area contributed by atoms with Crippen LogP contribution in [0.2, 0.25) is 5.02 Å². The zero-order valence-corrected chi connectivity index (χ0v) is 12.3. The maximum Gasteiger partial charge on any atom is 0.176 e. The maximum absolute atomic E-state index is 6.06. The lowest BCUT2D eigenvalue weighted by molar-refractivity contribution is 1.20. The van der Waals surface area contributed by atoms with Crippen molar-refractivity contribution in [2.75, 3.05) is 10.6 Å².